The zero-order valence-corrected chi connectivity index (χ0v) is 12.2. The number of anilines is 1. The Morgan fingerprint density at radius 2 is 2.00 bits per heavy atom. The predicted octanol–water partition coefficient (Wildman–Crippen LogP) is 3.62. The van der Waals surface area contributed by atoms with E-state index in [9.17, 15) is 10.1 Å². The lowest BCUT2D eigenvalue weighted by atomic mass is 9.92. The molecule has 110 valence electrons. The van der Waals surface area contributed by atoms with E-state index in [-0.39, 0.29) is 16.7 Å². The van der Waals surface area contributed by atoms with Gasteiger partial charge in [0.1, 0.15) is 5.84 Å². The highest BCUT2D eigenvalue weighted by atomic mass is 16.6. The van der Waals surface area contributed by atoms with Crippen molar-refractivity contribution in [2.24, 2.45) is 4.99 Å². The van der Waals surface area contributed by atoms with Gasteiger partial charge in [-0.3, -0.25) is 15.1 Å². The molecule has 2 heterocycles. The Balaban J connectivity index is 1.97. The molecule has 22 heavy (non-hydrogen) atoms. The maximum atomic E-state index is 11.1. The molecule has 2 aromatic carbocycles. The Kier molecular flexibility index (Phi) is 2.76. The number of aliphatic imine (C=N–C) groups is 1. The monoisotopic (exact) mass is 293 g/mol. The second-order valence-electron chi connectivity index (χ2n) is 5.63. The largest absolute Gasteiger partial charge is 0.323 e. The number of rotatable bonds is 2. The van der Waals surface area contributed by atoms with Crippen molar-refractivity contribution in [2.75, 3.05) is 11.4 Å². The SMILES string of the molecule is CC[C@H]1CN2C(=N1)c1ccccc1-c1cc([N+](=O)[O-])ccc12. The van der Waals surface area contributed by atoms with Crippen LogP contribution in [0.5, 0.6) is 0 Å². The number of nitro benzene ring substituents is 1. The molecule has 2 aliphatic heterocycles. The van der Waals surface area contributed by atoms with Crippen LogP contribution < -0.4 is 4.90 Å². The van der Waals surface area contributed by atoms with Crippen molar-refractivity contribution in [1.82, 2.24) is 0 Å². The summed E-state index contributed by atoms with van der Waals surface area (Å²) in [5.41, 5.74) is 4.14. The van der Waals surface area contributed by atoms with Crippen LogP contribution in [0, 0.1) is 10.1 Å². The van der Waals surface area contributed by atoms with Crippen LogP contribution in [0.3, 0.4) is 0 Å². The minimum atomic E-state index is -0.342. The molecule has 0 fully saturated rings. The third-order valence-corrected chi connectivity index (χ3v) is 4.36. The van der Waals surface area contributed by atoms with Gasteiger partial charge in [0.25, 0.3) is 5.69 Å². The maximum absolute atomic E-state index is 11.1. The van der Waals surface area contributed by atoms with Crippen molar-refractivity contribution in [3.63, 3.8) is 0 Å². The van der Waals surface area contributed by atoms with Gasteiger partial charge in [0, 0.05) is 29.8 Å². The molecule has 0 unspecified atom stereocenters. The van der Waals surface area contributed by atoms with Gasteiger partial charge in [-0.1, -0.05) is 31.2 Å². The average molecular weight is 293 g/mol. The highest BCUT2D eigenvalue weighted by Gasteiger charge is 2.34. The van der Waals surface area contributed by atoms with Crippen LogP contribution >= 0.6 is 0 Å². The molecule has 0 bridgehead atoms. The first-order chi connectivity index (χ1) is 10.7. The van der Waals surface area contributed by atoms with Gasteiger partial charge in [-0.25, -0.2) is 0 Å². The van der Waals surface area contributed by atoms with Gasteiger partial charge in [0.05, 0.1) is 16.7 Å². The molecule has 1 atom stereocenters. The van der Waals surface area contributed by atoms with Crippen LogP contribution in [-0.2, 0) is 0 Å². The summed E-state index contributed by atoms with van der Waals surface area (Å²) in [7, 11) is 0. The van der Waals surface area contributed by atoms with Gasteiger partial charge in [-0.15, -0.1) is 0 Å². The van der Waals surface area contributed by atoms with Crippen LogP contribution in [0.15, 0.2) is 47.5 Å². The third-order valence-electron chi connectivity index (χ3n) is 4.36. The molecule has 0 aromatic heterocycles. The fourth-order valence-electron chi connectivity index (χ4n) is 3.23. The van der Waals surface area contributed by atoms with Gasteiger partial charge in [-0.05, 0) is 18.1 Å². The summed E-state index contributed by atoms with van der Waals surface area (Å²) < 4.78 is 0. The summed E-state index contributed by atoms with van der Waals surface area (Å²) >= 11 is 0. The zero-order valence-electron chi connectivity index (χ0n) is 12.2. The zero-order chi connectivity index (χ0) is 15.3. The summed E-state index contributed by atoms with van der Waals surface area (Å²) in [5.74, 6) is 0.990. The lowest BCUT2D eigenvalue weighted by Gasteiger charge is -2.30. The molecule has 0 saturated carbocycles. The molecule has 0 N–H and O–H groups in total. The molecule has 5 nitrogen and oxygen atoms in total. The number of nitro groups is 1. The number of hydrogen-bond acceptors (Lipinski definition) is 4. The van der Waals surface area contributed by atoms with Crippen LogP contribution in [0.4, 0.5) is 11.4 Å². The molecule has 2 aliphatic rings. The van der Waals surface area contributed by atoms with Crippen molar-refractivity contribution in [3.05, 3.63) is 58.1 Å². The van der Waals surface area contributed by atoms with Crippen LogP contribution in [0.1, 0.15) is 18.9 Å². The highest BCUT2D eigenvalue weighted by molar-refractivity contribution is 6.20. The summed E-state index contributed by atoms with van der Waals surface area (Å²) in [6.07, 6.45) is 0.991. The summed E-state index contributed by atoms with van der Waals surface area (Å²) in [6, 6.07) is 13.4. The van der Waals surface area contributed by atoms with E-state index in [1.54, 1.807) is 12.1 Å². The van der Waals surface area contributed by atoms with E-state index in [2.05, 4.69) is 11.8 Å². The second kappa shape index (κ2) is 4.66. The van der Waals surface area contributed by atoms with Gasteiger partial charge in [-0.2, -0.15) is 0 Å². The Labute approximate surface area is 128 Å². The number of fused-ring (bicyclic) bond motifs is 6. The molecule has 2 aromatic rings. The van der Waals surface area contributed by atoms with E-state index in [4.69, 9.17) is 4.99 Å². The Morgan fingerprint density at radius 3 is 2.73 bits per heavy atom. The number of amidine groups is 1. The maximum Gasteiger partial charge on any atom is 0.270 e. The lowest BCUT2D eigenvalue weighted by Crippen LogP contribution is -2.33. The minimum Gasteiger partial charge on any atom is -0.323 e. The summed E-state index contributed by atoms with van der Waals surface area (Å²) in [6.45, 7) is 2.97. The normalized spacial score (nSPS) is 18.3. The third kappa shape index (κ3) is 1.75. The van der Waals surface area contributed by atoms with Gasteiger partial charge in [0.15, 0.2) is 0 Å². The average Bonchev–Trinajstić information content (AvgIpc) is 2.99. The second-order valence-corrected chi connectivity index (χ2v) is 5.63. The summed E-state index contributed by atoms with van der Waals surface area (Å²) in [5, 5.41) is 11.1. The molecule has 0 amide bonds. The predicted molar refractivity (Wildman–Crippen MR) is 86.5 cm³/mol. The topological polar surface area (TPSA) is 58.7 Å². The quantitative estimate of drug-likeness (QED) is 0.627. The van der Waals surface area contributed by atoms with Crippen molar-refractivity contribution in [2.45, 2.75) is 19.4 Å². The number of non-ortho nitro benzene ring substituents is 1. The van der Waals surface area contributed by atoms with Gasteiger partial charge >= 0.3 is 0 Å². The molecule has 0 saturated heterocycles. The smallest absolute Gasteiger partial charge is 0.270 e. The Morgan fingerprint density at radius 1 is 1.23 bits per heavy atom. The number of hydrogen-bond donors (Lipinski definition) is 0. The fourth-order valence-corrected chi connectivity index (χ4v) is 3.23. The lowest BCUT2D eigenvalue weighted by molar-refractivity contribution is -0.384. The van der Waals surface area contributed by atoms with E-state index in [0.717, 1.165) is 41.2 Å². The van der Waals surface area contributed by atoms with Crippen molar-refractivity contribution < 1.29 is 4.92 Å². The van der Waals surface area contributed by atoms with Crippen molar-refractivity contribution in [3.8, 4) is 11.1 Å². The molecular weight excluding hydrogens is 278 g/mol. The first kappa shape index (κ1) is 13.0. The highest BCUT2D eigenvalue weighted by Crippen LogP contribution is 2.42. The molecule has 0 spiro atoms. The standard InChI is InChI=1S/C17H15N3O2/c1-2-11-10-19-16-8-7-12(20(21)22)9-15(16)13-5-3-4-6-14(13)17(19)18-11/h3-9,11H,2,10H2,1H3/t11-/m0/s1. The number of benzene rings is 2. The molecule has 5 heteroatoms. The Hall–Kier alpha value is -2.69. The van der Waals surface area contributed by atoms with E-state index in [0.29, 0.717) is 0 Å². The van der Waals surface area contributed by atoms with Crippen LogP contribution in [0.25, 0.3) is 11.1 Å². The molecule has 0 aliphatic carbocycles. The van der Waals surface area contributed by atoms with Crippen LogP contribution in [-0.4, -0.2) is 23.3 Å². The van der Waals surface area contributed by atoms with E-state index >= 15 is 0 Å². The minimum absolute atomic E-state index is 0.125. The molecule has 0 radical (unpaired) electrons. The Bertz CT molecular complexity index is 813. The van der Waals surface area contributed by atoms with E-state index in [1.807, 2.05) is 30.3 Å². The van der Waals surface area contributed by atoms with E-state index in [1.165, 1.54) is 0 Å². The van der Waals surface area contributed by atoms with Crippen molar-refractivity contribution in [1.29, 1.82) is 0 Å². The fraction of sp³-hybridized carbons (Fsp3) is 0.235. The van der Waals surface area contributed by atoms with Crippen molar-refractivity contribution >= 4 is 17.2 Å². The summed E-state index contributed by atoms with van der Waals surface area (Å²) in [4.78, 5) is 17.8. The molecule has 4 rings (SSSR count). The number of nitrogens with zero attached hydrogens (tertiary/aromatic N) is 3. The van der Waals surface area contributed by atoms with Gasteiger partial charge in [0.2, 0.25) is 0 Å². The first-order valence-electron chi connectivity index (χ1n) is 7.42. The van der Waals surface area contributed by atoms with E-state index < -0.39 is 0 Å². The van der Waals surface area contributed by atoms with Gasteiger partial charge < -0.3 is 4.90 Å². The first-order valence-corrected chi connectivity index (χ1v) is 7.42. The van der Waals surface area contributed by atoms with Crippen LogP contribution in [0.2, 0.25) is 0 Å². The molecular formula is C17H15N3O2.